The molecule has 1 rings (SSSR count). The molecular weight excluding hydrogens is 366 g/mol. The van der Waals surface area contributed by atoms with Crippen molar-refractivity contribution < 1.29 is 29.8 Å². The molecule has 0 fully saturated rings. The molecule has 28 heavy (non-hydrogen) atoms. The van der Waals surface area contributed by atoms with Gasteiger partial charge in [0.05, 0.1) is 5.56 Å². The zero-order valence-corrected chi connectivity index (χ0v) is 16.5. The summed E-state index contributed by atoms with van der Waals surface area (Å²) in [7, 11) is 0. The number of carbonyl (C=O) groups is 3. The number of hydrogen-bond donors (Lipinski definition) is 5. The van der Waals surface area contributed by atoms with Crippen molar-refractivity contribution in [3.63, 3.8) is 0 Å². The predicted octanol–water partition coefficient (Wildman–Crippen LogP) is 2.08. The summed E-state index contributed by atoms with van der Waals surface area (Å²) in [6.45, 7) is 3.94. The van der Waals surface area contributed by atoms with Gasteiger partial charge in [-0.3, -0.25) is 14.4 Å². The summed E-state index contributed by atoms with van der Waals surface area (Å²) < 4.78 is 0.114. The molecule has 0 saturated heterocycles. The molecule has 1 aromatic rings. The van der Waals surface area contributed by atoms with Gasteiger partial charge in [0.15, 0.2) is 5.78 Å². The Bertz CT molecular complexity index is 671. The van der Waals surface area contributed by atoms with E-state index < -0.39 is 23.6 Å². The molecule has 0 aliphatic carbocycles. The third-order valence-corrected chi connectivity index (χ3v) is 4.39. The van der Waals surface area contributed by atoms with E-state index >= 15 is 0 Å². The minimum Gasteiger partial charge on any atom is -0.492 e. The third kappa shape index (κ3) is 7.50. The summed E-state index contributed by atoms with van der Waals surface area (Å²) in [5.41, 5.74) is -0.189. The van der Waals surface area contributed by atoms with Gasteiger partial charge < -0.3 is 26.1 Å². The van der Waals surface area contributed by atoms with Crippen LogP contribution in [0.5, 0.6) is 11.8 Å². The number of Topliss-reactive ketones (excluding diaryl/α,β-unsaturated/α-hetero) is 1. The van der Waals surface area contributed by atoms with Crippen molar-refractivity contribution in [1.29, 1.82) is 0 Å². The summed E-state index contributed by atoms with van der Waals surface area (Å²) >= 11 is 0. The number of carbonyl (C=O) groups excluding carboxylic acids is 3. The fraction of sp³-hybridized carbons (Fsp3) is 0.632. The van der Waals surface area contributed by atoms with Gasteiger partial charge in [-0.05, 0) is 19.8 Å². The smallest absolute Gasteiger partial charge is 0.242 e. The maximum Gasteiger partial charge on any atom is 0.242 e. The largest absolute Gasteiger partial charge is 0.492 e. The van der Waals surface area contributed by atoms with Crippen LogP contribution in [-0.4, -0.2) is 50.3 Å². The fourth-order valence-electron chi connectivity index (χ4n) is 2.70. The second-order valence-electron chi connectivity index (χ2n) is 6.82. The first kappa shape index (κ1) is 23.3. The first-order valence-electron chi connectivity index (χ1n) is 9.71. The minimum atomic E-state index is -0.724. The van der Waals surface area contributed by atoms with E-state index in [1.807, 2.05) is 0 Å². The van der Waals surface area contributed by atoms with E-state index in [1.54, 1.807) is 6.92 Å². The highest BCUT2D eigenvalue weighted by Gasteiger charge is 2.19. The lowest BCUT2D eigenvalue weighted by Crippen LogP contribution is -2.45. The topological polar surface area (TPSA) is 141 Å². The number of rotatable bonds is 13. The predicted molar refractivity (Wildman–Crippen MR) is 103 cm³/mol. The number of nitrogens with one attached hydrogen (secondary N) is 2. The van der Waals surface area contributed by atoms with Crippen LogP contribution in [0.15, 0.2) is 6.07 Å². The Labute approximate surface area is 164 Å². The number of amides is 2. The molecule has 0 radical (unpaired) electrons. The van der Waals surface area contributed by atoms with E-state index in [-0.39, 0.29) is 35.1 Å². The van der Waals surface area contributed by atoms with E-state index in [0.29, 0.717) is 12.8 Å². The van der Waals surface area contributed by atoms with E-state index in [9.17, 15) is 29.8 Å². The molecule has 1 heterocycles. The summed E-state index contributed by atoms with van der Waals surface area (Å²) in [5, 5.41) is 33.3. The maximum absolute atomic E-state index is 12.0. The Balaban J connectivity index is 2.23. The number of unbranched alkanes of at least 4 members (excludes halogenated alkanes) is 4. The van der Waals surface area contributed by atoms with Crippen LogP contribution in [0, 0.1) is 0 Å². The summed E-state index contributed by atoms with van der Waals surface area (Å²) in [4.78, 5) is 35.8. The van der Waals surface area contributed by atoms with Gasteiger partial charge in [0.2, 0.25) is 23.6 Å². The molecular formula is C19H31N3O6. The number of aromatic hydroxyl groups is 2. The van der Waals surface area contributed by atoms with Crippen LogP contribution in [0.3, 0.4) is 0 Å². The molecule has 0 aliphatic heterocycles. The molecule has 158 valence electrons. The van der Waals surface area contributed by atoms with Crippen LogP contribution in [-0.2, 0) is 9.59 Å². The SMILES string of the molecule is CCCCCCCC(=O)N[C@@H](C)C(=O)NCCCC(=O)c1cc(O)n(O)c1O. The number of nitrogens with zero attached hydrogens (tertiary/aromatic N) is 1. The van der Waals surface area contributed by atoms with Crippen LogP contribution >= 0.6 is 0 Å². The Morgan fingerprint density at radius 2 is 1.75 bits per heavy atom. The number of ketones is 1. The minimum absolute atomic E-state index is 0.00972. The zero-order valence-electron chi connectivity index (χ0n) is 16.5. The first-order chi connectivity index (χ1) is 13.3. The van der Waals surface area contributed by atoms with Crippen molar-refractivity contribution in [2.24, 2.45) is 0 Å². The average molecular weight is 397 g/mol. The van der Waals surface area contributed by atoms with Gasteiger partial charge in [-0.2, -0.15) is 0 Å². The van der Waals surface area contributed by atoms with E-state index in [4.69, 9.17) is 0 Å². The van der Waals surface area contributed by atoms with Crippen LogP contribution in [0.2, 0.25) is 0 Å². The van der Waals surface area contributed by atoms with Gasteiger partial charge in [0.25, 0.3) is 0 Å². The summed E-state index contributed by atoms with van der Waals surface area (Å²) in [6.07, 6.45) is 5.94. The monoisotopic (exact) mass is 397 g/mol. The molecule has 0 saturated carbocycles. The highest BCUT2D eigenvalue weighted by atomic mass is 16.5. The molecule has 0 aliphatic rings. The van der Waals surface area contributed by atoms with Crippen molar-refractivity contribution >= 4 is 17.6 Å². The van der Waals surface area contributed by atoms with Crippen molar-refractivity contribution in [3.05, 3.63) is 11.6 Å². The lowest BCUT2D eigenvalue weighted by atomic mass is 10.1. The number of hydrogen-bond acceptors (Lipinski definition) is 6. The first-order valence-corrected chi connectivity index (χ1v) is 9.71. The van der Waals surface area contributed by atoms with Crippen molar-refractivity contribution in [1.82, 2.24) is 15.4 Å². The Morgan fingerprint density at radius 1 is 1.07 bits per heavy atom. The maximum atomic E-state index is 12.0. The Hall–Kier alpha value is -2.71. The Morgan fingerprint density at radius 3 is 2.36 bits per heavy atom. The van der Waals surface area contributed by atoms with Gasteiger partial charge in [-0.1, -0.05) is 32.6 Å². The van der Waals surface area contributed by atoms with E-state index in [0.717, 1.165) is 38.2 Å². The normalized spacial score (nSPS) is 11.8. The van der Waals surface area contributed by atoms with Gasteiger partial charge in [-0.15, -0.1) is 4.73 Å². The zero-order chi connectivity index (χ0) is 21.1. The molecule has 9 heteroatoms. The van der Waals surface area contributed by atoms with Gasteiger partial charge in [0.1, 0.15) is 6.04 Å². The van der Waals surface area contributed by atoms with Crippen LogP contribution < -0.4 is 10.6 Å². The lowest BCUT2D eigenvalue weighted by Gasteiger charge is -2.14. The highest BCUT2D eigenvalue weighted by molar-refractivity contribution is 5.98. The summed E-state index contributed by atoms with van der Waals surface area (Å²) in [6, 6.07) is 0.305. The van der Waals surface area contributed by atoms with Gasteiger partial charge in [-0.25, -0.2) is 0 Å². The molecule has 0 aromatic carbocycles. The molecule has 9 nitrogen and oxygen atoms in total. The summed E-state index contributed by atoms with van der Waals surface area (Å²) in [5.74, 6) is -2.33. The van der Waals surface area contributed by atoms with E-state index in [1.165, 1.54) is 0 Å². The molecule has 0 bridgehead atoms. The second kappa shape index (κ2) is 11.9. The van der Waals surface area contributed by atoms with Crippen molar-refractivity contribution in [2.75, 3.05) is 6.54 Å². The quantitative estimate of drug-likeness (QED) is 0.196. The van der Waals surface area contributed by atoms with Crippen LogP contribution in [0.4, 0.5) is 0 Å². The van der Waals surface area contributed by atoms with Crippen LogP contribution in [0.25, 0.3) is 0 Å². The van der Waals surface area contributed by atoms with Gasteiger partial charge in [0, 0.05) is 25.5 Å². The highest BCUT2D eigenvalue weighted by Crippen LogP contribution is 2.26. The third-order valence-electron chi connectivity index (χ3n) is 4.39. The van der Waals surface area contributed by atoms with Gasteiger partial charge >= 0.3 is 0 Å². The van der Waals surface area contributed by atoms with Crippen molar-refractivity contribution in [3.8, 4) is 11.8 Å². The molecule has 1 aromatic heterocycles. The molecule has 0 spiro atoms. The molecule has 5 N–H and O–H groups in total. The average Bonchev–Trinajstić information content (AvgIpc) is 2.92. The van der Waals surface area contributed by atoms with Crippen LogP contribution in [0.1, 0.15) is 75.6 Å². The standard InChI is InChI=1S/C19H31N3O6/c1-3-4-5-6-7-10-16(24)21-13(2)18(26)20-11-8-9-15(23)14-12-17(25)22(28)19(14)27/h12-13,25,27-28H,3-11H2,1-2H3,(H,20,26)(H,21,24)/t13-/m0/s1. The fourth-order valence-corrected chi connectivity index (χ4v) is 2.70. The van der Waals surface area contributed by atoms with Crippen molar-refractivity contribution in [2.45, 2.75) is 71.3 Å². The second-order valence-corrected chi connectivity index (χ2v) is 6.82. The molecule has 1 atom stereocenters. The van der Waals surface area contributed by atoms with E-state index in [2.05, 4.69) is 17.6 Å². The molecule has 2 amide bonds. The lowest BCUT2D eigenvalue weighted by molar-refractivity contribution is -0.128. The number of aromatic nitrogens is 1. The molecule has 0 unspecified atom stereocenters. The Kier molecular flexibility index (Phi) is 9.91.